The number of rotatable bonds is 4. The van der Waals surface area contributed by atoms with E-state index in [-0.39, 0.29) is 22.6 Å². The summed E-state index contributed by atoms with van der Waals surface area (Å²) in [5.41, 5.74) is 0.176. The largest absolute Gasteiger partial charge is 0.381 e. The molecule has 0 atom stereocenters. The molecule has 0 unspecified atom stereocenters. The van der Waals surface area contributed by atoms with Crippen LogP contribution in [-0.2, 0) is 14.8 Å². The van der Waals surface area contributed by atoms with Crippen LogP contribution in [0, 0.1) is 12.7 Å². The van der Waals surface area contributed by atoms with Crippen molar-refractivity contribution in [1.82, 2.24) is 4.31 Å². The third kappa shape index (κ3) is 3.27. The summed E-state index contributed by atoms with van der Waals surface area (Å²) < 4.78 is 45.7. The van der Waals surface area contributed by atoms with Crippen molar-refractivity contribution in [3.8, 4) is 0 Å². The first-order valence-electron chi connectivity index (χ1n) is 7.14. The second-order valence-electron chi connectivity index (χ2n) is 5.55. The minimum Gasteiger partial charge on any atom is -0.381 e. The monoisotopic (exact) mass is 315 g/mol. The number of hydrogen-bond donors (Lipinski definition) is 0. The van der Waals surface area contributed by atoms with Gasteiger partial charge in [-0.25, -0.2) is 12.8 Å². The SMILES string of the molecule is COC1CCC(N(C)S(=O)(=O)c2cccc(F)c2C)CC1. The van der Waals surface area contributed by atoms with E-state index in [9.17, 15) is 12.8 Å². The van der Waals surface area contributed by atoms with Crippen LogP contribution in [0.3, 0.4) is 0 Å². The number of hydrogen-bond acceptors (Lipinski definition) is 3. The second kappa shape index (κ2) is 6.42. The Hall–Kier alpha value is -0.980. The molecule has 1 aromatic rings. The first-order chi connectivity index (χ1) is 9.87. The van der Waals surface area contributed by atoms with E-state index < -0.39 is 15.8 Å². The summed E-state index contributed by atoms with van der Waals surface area (Å²) in [6, 6.07) is 4.12. The average molecular weight is 315 g/mol. The second-order valence-corrected chi connectivity index (χ2v) is 7.52. The highest BCUT2D eigenvalue weighted by atomic mass is 32.2. The highest BCUT2D eigenvalue weighted by molar-refractivity contribution is 7.89. The van der Waals surface area contributed by atoms with Crippen molar-refractivity contribution in [3.05, 3.63) is 29.6 Å². The first-order valence-corrected chi connectivity index (χ1v) is 8.58. The van der Waals surface area contributed by atoms with Crippen molar-refractivity contribution < 1.29 is 17.5 Å². The maximum atomic E-state index is 13.6. The third-order valence-electron chi connectivity index (χ3n) is 4.37. The van der Waals surface area contributed by atoms with Gasteiger partial charge in [0.1, 0.15) is 5.82 Å². The van der Waals surface area contributed by atoms with E-state index in [4.69, 9.17) is 4.74 Å². The summed E-state index contributed by atoms with van der Waals surface area (Å²) in [4.78, 5) is 0.0545. The lowest BCUT2D eigenvalue weighted by Gasteiger charge is -2.33. The molecule has 21 heavy (non-hydrogen) atoms. The molecule has 1 aliphatic carbocycles. The fraction of sp³-hybridized carbons (Fsp3) is 0.600. The van der Waals surface area contributed by atoms with Gasteiger partial charge in [0.05, 0.1) is 11.0 Å². The van der Waals surface area contributed by atoms with Crippen LogP contribution in [0.25, 0.3) is 0 Å². The number of sulfonamides is 1. The van der Waals surface area contributed by atoms with E-state index in [1.54, 1.807) is 14.2 Å². The number of ether oxygens (including phenoxy) is 1. The van der Waals surface area contributed by atoms with Crippen molar-refractivity contribution in [1.29, 1.82) is 0 Å². The van der Waals surface area contributed by atoms with Crippen molar-refractivity contribution >= 4 is 10.0 Å². The molecule has 0 amide bonds. The molecule has 6 heteroatoms. The van der Waals surface area contributed by atoms with Crippen molar-refractivity contribution in [2.24, 2.45) is 0 Å². The Morgan fingerprint density at radius 1 is 1.24 bits per heavy atom. The molecular weight excluding hydrogens is 293 g/mol. The molecule has 1 aromatic carbocycles. The van der Waals surface area contributed by atoms with Crippen LogP contribution in [0.1, 0.15) is 31.2 Å². The number of nitrogens with zero attached hydrogens (tertiary/aromatic N) is 1. The van der Waals surface area contributed by atoms with Gasteiger partial charge in [-0.3, -0.25) is 0 Å². The zero-order valence-corrected chi connectivity index (χ0v) is 13.5. The van der Waals surface area contributed by atoms with Gasteiger partial charge in [-0.05, 0) is 44.7 Å². The topological polar surface area (TPSA) is 46.6 Å². The fourth-order valence-electron chi connectivity index (χ4n) is 2.86. The van der Waals surface area contributed by atoms with Crippen molar-refractivity contribution in [2.45, 2.75) is 49.6 Å². The summed E-state index contributed by atoms with van der Waals surface area (Å²) in [5, 5.41) is 0. The third-order valence-corrected chi connectivity index (χ3v) is 6.42. The molecule has 1 saturated carbocycles. The summed E-state index contributed by atoms with van der Waals surface area (Å²) in [5.74, 6) is -0.493. The Labute approximate surface area is 126 Å². The lowest BCUT2D eigenvalue weighted by atomic mass is 9.93. The average Bonchev–Trinajstić information content (AvgIpc) is 2.49. The molecule has 0 spiro atoms. The van der Waals surface area contributed by atoms with Crippen LogP contribution >= 0.6 is 0 Å². The van der Waals surface area contributed by atoms with E-state index in [1.807, 2.05) is 0 Å². The summed E-state index contributed by atoms with van der Waals surface area (Å²) in [6.45, 7) is 1.50. The molecule has 0 aliphatic heterocycles. The molecule has 0 N–H and O–H groups in total. The van der Waals surface area contributed by atoms with Gasteiger partial charge in [-0.1, -0.05) is 6.07 Å². The zero-order valence-electron chi connectivity index (χ0n) is 12.7. The highest BCUT2D eigenvalue weighted by Crippen LogP contribution is 2.29. The first kappa shape index (κ1) is 16.4. The molecule has 0 bridgehead atoms. The van der Waals surface area contributed by atoms with Gasteiger partial charge in [0, 0.05) is 25.8 Å². The molecule has 118 valence electrons. The summed E-state index contributed by atoms with van der Waals surface area (Å²) >= 11 is 0. The standard InChI is InChI=1S/C15H22FNO3S/c1-11-14(16)5-4-6-15(11)21(18,19)17(2)12-7-9-13(20-3)10-8-12/h4-6,12-13H,7-10H2,1-3H3. The molecule has 0 saturated heterocycles. The predicted octanol–water partition coefficient (Wildman–Crippen LogP) is 2.71. The Morgan fingerprint density at radius 3 is 2.43 bits per heavy atom. The Kier molecular flexibility index (Phi) is 5.01. The lowest BCUT2D eigenvalue weighted by Crippen LogP contribution is -2.40. The number of halogens is 1. The van der Waals surface area contributed by atoms with Gasteiger partial charge >= 0.3 is 0 Å². The van der Waals surface area contributed by atoms with Crippen LogP contribution in [0.4, 0.5) is 4.39 Å². The molecule has 1 aliphatic rings. The molecule has 0 aromatic heterocycles. The molecule has 0 radical (unpaired) electrons. The molecule has 4 nitrogen and oxygen atoms in total. The number of benzene rings is 1. The van der Waals surface area contributed by atoms with E-state index in [1.165, 1.54) is 29.4 Å². The Bertz CT molecular complexity index is 595. The molecule has 0 heterocycles. The van der Waals surface area contributed by atoms with E-state index >= 15 is 0 Å². The van der Waals surface area contributed by atoms with Gasteiger partial charge in [0.2, 0.25) is 10.0 Å². The van der Waals surface area contributed by atoms with Gasteiger partial charge in [-0.2, -0.15) is 4.31 Å². The minimum absolute atomic E-state index is 0.0518. The Balaban J connectivity index is 2.21. The van der Waals surface area contributed by atoms with Gasteiger partial charge in [0.15, 0.2) is 0 Å². The fourth-order valence-corrected chi connectivity index (χ4v) is 4.51. The zero-order chi connectivity index (χ0) is 15.6. The van der Waals surface area contributed by atoms with Crippen LogP contribution in [0.2, 0.25) is 0 Å². The lowest BCUT2D eigenvalue weighted by molar-refractivity contribution is 0.0553. The molecular formula is C15H22FNO3S. The molecule has 2 rings (SSSR count). The van der Waals surface area contributed by atoms with Crippen LogP contribution in [-0.4, -0.2) is 39.0 Å². The Morgan fingerprint density at radius 2 is 1.86 bits per heavy atom. The van der Waals surface area contributed by atoms with Crippen molar-refractivity contribution in [3.63, 3.8) is 0 Å². The maximum absolute atomic E-state index is 13.6. The molecule has 1 fully saturated rings. The number of methoxy groups -OCH3 is 1. The van der Waals surface area contributed by atoms with Gasteiger partial charge in [-0.15, -0.1) is 0 Å². The maximum Gasteiger partial charge on any atom is 0.243 e. The van der Waals surface area contributed by atoms with E-state index in [0.29, 0.717) is 0 Å². The summed E-state index contributed by atoms with van der Waals surface area (Å²) in [7, 11) is -0.401. The predicted molar refractivity (Wildman–Crippen MR) is 79.1 cm³/mol. The normalized spacial score (nSPS) is 23.5. The van der Waals surface area contributed by atoms with Crippen LogP contribution in [0.5, 0.6) is 0 Å². The highest BCUT2D eigenvalue weighted by Gasteiger charge is 2.32. The van der Waals surface area contributed by atoms with E-state index in [2.05, 4.69) is 0 Å². The van der Waals surface area contributed by atoms with Crippen LogP contribution in [0.15, 0.2) is 23.1 Å². The van der Waals surface area contributed by atoms with Gasteiger partial charge in [0.25, 0.3) is 0 Å². The summed E-state index contributed by atoms with van der Waals surface area (Å²) in [6.07, 6.45) is 3.45. The minimum atomic E-state index is -3.66. The smallest absolute Gasteiger partial charge is 0.243 e. The van der Waals surface area contributed by atoms with Crippen LogP contribution < -0.4 is 0 Å². The van der Waals surface area contributed by atoms with Gasteiger partial charge < -0.3 is 4.74 Å². The van der Waals surface area contributed by atoms with E-state index in [0.717, 1.165) is 25.7 Å². The quantitative estimate of drug-likeness (QED) is 0.858. The van der Waals surface area contributed by atoms with Crippen molar-refractivity contribution in [2.75, 3.05) is 14.2 Å².